The number of aryl methyl sites for hydroxylation is 2. The number of methoxy groups -OCH3 is 1. The molecule has 4 nitrogen and oxygen atoms in total. The van der Waals surface area contributed by atoms with Gasteiger partial charge in [0.05, 0.1) is 12.0 Å². The predicted octanol–water partition coefficient (Wildman–Crippen LogP) is 2.39. The van der Waals surface area contributed by atoms with Crippen LogP contribution in [0.1, 0.15) is 31.9 Å². The summed E-state index contributed by atoms with van der Waals surface area (Å²) < 4.78 is 32.4. The van der Waals surface area contributed by atoms with Gasteiger partial charge in [0, 0.05) is 11.6 Å². The van der Waals surface area contributed by atoms with Crippen LogP contribution in [-0.4, -0.2) is 21.1 Å². The summed E-state index contributed by atoms with van der Waals surface area (Å²) in [5.41, 5.74) is 1.12. The zero-order chi connectivity index (χ0) is 14.1. The maximum atomic E-state index is 12.3. The number of nitrogens with one attached hydrogen (secondary N) is 1. The monoisotopic (exact) mass is 271 g/mol. The highest BCUT2D eigenvalue weighted by atomic mass is 32.2. The molecular formula is C13H21NO3S. The first kappa shape index (κ1) is 15.0. The normalized spacial score (nSPS) is 12.6. The molecule has 0 bridgehead atoms. The quantitative estimate of drug-likeness (QED) is 0.918. The summed E-state index contributed by atoms with van der Waals surface area (Å²) in [7, 11) is -2.00. The fraction of sp³-hybridized carbons (Fsp3) is 0.538. The molecule has 5 heteroatoms. The van der Waals surface area contributed by atoms with Gasteiger partial charge >= 0.3 is 0 Å². The van der Waals surface area contributed by atoms with Crippen molar-refractivity contribution in [3.63, 3.8) is 0 Å². The van der Waals surface area contributed by atoms with Gasteiger partial charge in [-0.1, -0.05) is 6.07 Å². The van der Waals surface area contributed by atoms with Crippen molar-refractivity contribution in [3.8, 4) is 5.75 Å². The van der Waals surface area contributed by atoms with Crippen LogP contribution in [0, 0.1) is 13.8 Å². The second-order valence-electron chi connectivity index (χ2n) is 5.44. The Bertz CT molecular complexity index is 542. The zero-order valence-corrected chi connectivity index (χ0v) is 12.6. The van der Waals surface area contributed by atoms with Crippen molar-refractivity contribution in [2.45, 2.75) is 45.1 Å². The molecular weight excluding hydrogens is 250 g/mol. The Labute approximate surface area is 109 Å². The molecule has 0 heterocycles. The number of hydrogen-bond donors (Lipinski definition) is 1. The summed E-state index contributed by atoms with van der Waals surface area (Å²) in [6, 6.07) is 3.38. The van der Waals surface area contributed by atoms with Crippen LogP contribution in [0.4, 0.5) is 0 Å². The molecule has 0 aliphatic carbocycles. The number of ether oxygens (including phenoxy) is 1. The van der Waals surface area contributed by atoms with Gasteiger partial charge in [-0.05, 0) is 45.7 Å². The van der Waals surface area contributed by atoms with Gasteiger partial charge in [0.15, 0.2) is 0 Å². The van der Waals surface area contributed by atoms with Crippen molar-refractivity contribution in [1.82, 2.24) is 4.72 Å². The summed E-state index contributed by atoms with van der Waals surface area (Å²) in [6.07, 6.45) is 0. The molecule has 0 amide bonds. The minimum Gasteiger partial charge on any atom is -0.496 e. The molecule has 18 heavy (non-hydrogen) atoms. The number of sulfonamides is 1. The van der Waals surface area contributed by atoms with Crippen LogP contribution in [-0.2, 0) is 10.0 Å². The van der Waals surface area contributed by atoms with Gasteiger partial charge in [-0.15, -0.1) is 0 Å². The lowest BCUT2D eigenvalue weighted by atomic mass is 10.1. The fourth-order valence-corrected chi connectivity index (χ4v) is 3.44. The third-order valence-corrected chi connectivity index (χ3v) is 4.32. The van der Waals surface area contributed by atoms with Crippen molar-refractivity contribution in [2.75, 3.05) is 7.11 Å². The van der Waals surface area contributed by atoms with Crippen LogP contribution >= 0.6 is 0 Å². The SMILES string of the molecule is COc1cc(S(=O)(=O)NC(C)(C)C)c(C)cc1C. The first-order chi connectivity index (χ1) is 8.07. The highest BCUT2D eigenvalue weighted by Crippen LogP contribution is 2.26. The van der Waals surface area contributed by atoms with E-state index in [-0.39, 0.29) is 4.90 Å². The van der Waals surface area contributed by atoms with Crippen LogP contribution in [0.3, 0.4) is 0 Å². The maximum absolute atomic E-state index is 12.3. The molecule has 0 fully saturated rings. The largest absolute Gasteiger partial charge is 0.496 e. The van der Waals surface area contributed by atoms with Gasteiger partial charge in [-0.25, -0.2) is 13.1 Å². The van der Waals surface area contributed by atoms with E-state index in [2.05, 4.69) is 4.72 Å². The number of benzene rings is 1. The first-order valence-corrected chi connectivity index (χ1v) is 7.24. The number of rotatable bonds is 3. The maximum Gasteiger partial charge on any atom is 0.241 e. The van der Waals surface area contributed by atoms with Crippen LogP contribution in [0.5, 0.6) is 5.75 Å². The van der Waals surface area contributed by atoms with E-state index < -0.39 is 15.6 Å². The minimum atomic E-state index is -3.53. The summed E-state index contributed by atoms with van der Waals surface area (Å²) in [6.45, 7) is 9.10. The van der Waals surface area contributed by atoms with E-state index in [1.54, 1.807) is 13.0 Å². The third kappa shape index (κ3) is 3.46. The Morgan fingerprint density at radius 1 is 1.11 bits per heavy atom. The van der Waals surface area contributed by atoms with Gasteiger partial charge < -0.3 is 4.74 Å². The van der Waals surface area contributed by atoms with Gasteiger partial charge in [0.2, 0.25) is 10.0 Å². The minimum absolute atomic E-state index is 0.264. The molecule has 1 aromatic carbocycles. The lowest BCUT2D eigenvalue weighted by Crippen LogP contribution is -2.40. The molecule has 1 aromatic rings. The highest BCUT2D eigenvalue weighted by molar-refractivity contribution is 7.89. The lowest BCUT2D eigenvalue weighted by molar-refractivity contribution is 0.410. The topological polar surface area (TPSA) is 55.4 Å². The standard InChI is InChI=1S/C13H21NO3S/c1-9-7-10(2)12(8-11(9)17-6)18(15,16)14-13(3,4)5/h7-8,14H,1-6H3. The van der Waals surface area contributed by atoms with E-state index in [1.165, 1.54) is 7.11 Å². The Morgan fingerprint density at radius 3 is 2.11 bits per heavy atom. The molecule has 0 atom stereocenters. The summed E-state index contributed by atoms with van der Waals surface area (Å²) in [4.78, 5) is 0.264. The third-order valence-electron chi connectivity index (χ3n) is 2.42. The zero-order valence-electron chi connectivity index (χ0n) is 11.8. The van der Waals surface area contributed by atoms with Crippen LogP contribution < -0.4 is 9.46 Å². The van der Waals surface area contributed by atoms with Crippen LogP contribution in [0.2, 0.25) is 0 Å². The van der Waals surface area contributed by atoms with Crippen molar-refractivity contribution < 1.29 is 13.2 Å². The van der Waals surface area contributed by atoms with Crippen molar-refractivity contribution >= 4 is 10.0 Å². The van der Waals surface area contributed by atoms with E-state index in [4.69, 9.17) is 4.74 Å². The molecule has 0 aromatic heterocycles. The molecule has 0 aliphatic heterocycles. The van der Waals surface area contributed by atoms with Gasteiger partial charge in [-0.2, -0.15) is 0 Å². The molecule has 0 radical (unpaired) electrons. The molecule has 0 spiro atoms. The summed E-state index contributed by atoms with van der Waals surface area (Å²) in [5.74, 6) is 0.579. The highest BCUT2D eigenvalue weighted by Gasteiger charge is 2.24. The van der Waals surface area contributed by atoms with E-state index in [9.17, 15) is 8.42 Å². The van der Waals surface area contributed by atoms with Gasteiger partial charge in [-0.3, -0.25) is 0 Å². The summed E-state index contributed by atoms with van der Waals surface area (Å²) >= 11 is 0. The molecule has 0 saturated heterocycles. The average molecular weight is 271 g/mol. The van der Waals surface area contributed by atoms with E-state index >= 15 is 0 Å². The Balaban J connectivity index is 3.33. The number of hydrogen-bond acceptors (Lipinski definition) is 3. The Kier molecular flexibility index (Phi) is 4.08. The molecule has 0 unspecified atom stereocenters. The van der Waals surface area contributed by atoms with Gasteiger partial charge in [0.25, 0.3) is 0 Å². The van der Waals surface area contributed by atoms with Crippen LogP contribution in [0.25, 0.3) is 0 Å². The lowest BCUT2D eigenvalue weighted by Gasteiger charge is -2.21. The average Bonchev–Trinajstić information content (AvgIpc) is 2.13. The van der Waals surface area contributed by atoms with Crippen molar-refractivity contribution in [1.29, 1.82) is 0 Å². The van der Waals surface area contributed by atoms with Crippen LogP contribution in [0.15, 0.2) is 17.0 Å². The predicted molar refractivity (Wildman–Crippen MR) is 72.5 cm³/mol. The van der Waals surface area contributed by atoms with Crippen molar-refractivity contribution in [2.24, 2.45) is 0 Å². The smallest absolute Gasteiger partial charge is 0.241 e. The molecule has 0 saturated carbocycles. The fourth-order valence-electron chi connectivity index (χ4n) is 1.78. The molecule has 1 N–H and O–H groups in total. The Morgan fingerprint density at radius 2 is 1.67 bits per heavy atom. The van der Waals surface area contributed by atoms with E-state index in [0.717, 1.165) is 5.56 Å². The molecule has 102 valence electrons. The molecule has 0 aliphatic rings. The second kappa shape index (κ2) is 4.90. The summed E-state index contributed by atoms with van der Waals surface area (Å²) in [5, 5.41) is 0. The first-order valence-electron chi connectivity index (χ1n) is 5.76. The Hall–Kier alpha value is -1.07. The van der Waals surface area contributed by atoms with E-state index in [1.807, 2.05) is 33.8 Å². The molecule has 1 rings (SSSR count). The van der Waals surface area contributed by atoms with Crippen molar-refractivity contribution in [3.05, 3.63) is 23.3 Å². The second-order valence-corrected chi connectivity index (χ2v) is 7.09. The van der Waals surface area contributed by atoms with E-state index in [0.29, 0.717) is 11.3 Å². The van der Waals surface area contributed by atoms with Gasteiger partial charge in [0.1, 0.15) is 5.75 Å².